The molecule has 2 rings (SSSR count). The van der Waals surface area contributed by atoms with Crippen LogP contribution in [-0.4, -0.2) is 26.4 Å². The van der Waals surface area contributed by atoms with E-state index >= 15 is 0 Å². The van der Waals surface area contributed by atoms with Crippen LogP contribution in [0.5, 0.6) is 5.75 Å². The molecule has 0 bridgehead atoms. The van der Waals surface area contributed by atoms with E-state index in [1.165, 1.54) is 11.1 Å². The monoisotopic (exact) mass is 235 g/mol. The van der Waals surface area contributed by atoms with Gasteiger partial charge in [0.15, 0.2) is 0 Å². The van der Waals surface area contributed by atoms with Gasteiger partial charge in [-0.2, -0.15) is 0 Å². The van der Waals surface area contributed by atoms with Gasteiger partial charge in [0.25, 0.3) is 0 Å². The van der Waals surface area contributed by atoms with Crippen LogP contribution >= 0.6 is 0 Å². The lowest BCUT2D eigenvalue weighted by Crippen LogP contribution is -2.39. The van der Waals surface area contributed by atoms with Gasteiger partial charge in [-0.1, -0.05) is 19.1 Å². The SMILES string of the molecule is CCc1cc(C2COC(C)CN2)ccc1OC. The van der Waals surface area contributed by atoms with Crippen LogP contribution in [0.2, 0.25) is 0 Å². The molecule has 17 heavy (non-hydrogen) atoms. The molecule has 1 aromatic carbocycles. The molecule has 94 valence electrons. The molecule has 0 aliphatic carbocycles. The van der Waals surface area contributed by atoms with E-state index in [0.29, 0.717) is 12.1 Å². The average Bonchev–Trinajstić information content (AvgIpc) is 2.39. The zero-order chi connectivity index (χ0) is 12.3. The normalized spacial score (nSPS) is 24.6. The minimum Gasteiger partial charge on any atom is -0.496 e. The fourth-order valence-corrected chi connectivity index (χ4v) is 2.19. The van der Waals surface area contributed by atoms with E-state index in [4.69, 9.17) is 9.47 Å². The van der Waals surface area contributed by atoms with Crippen LogP contribution in [0.25, 0.3) is 0 Å². The molecule has 0 saturated carbocycles. The first-order valence-electron chi connectivity index (χ1n) is 6.26. The topological polar surface area (TPSA) is 30.5 Å². The number of rotatable bonds is 3. The van der Waals surface area contributed by atoms with Gasteiger partial charge in [0.1, 0.15) is 5.75 Å². The average molecular weight is 235 g/mol. The van der Waals surface area contributed by atoms with Gasteiger partial charge in [0, 0.05) is 6.54 Å². The molecule has 0 radical (unpaired) electrons. The number of benzene rings is 1. The van der Waals surface area contributed by atoms with Crippen molar-refractivity contribution >= 4 is 0 Å². The first-order valence-corrected chi connectivity index (χ1v) is 6.26. The maximum absolute atomic E-state index is 5.68. The molecule has 3 nitrogen and oxygen atoms in total. The number of methoxy groups -OCH3 is 1. The largest absolute Gasteiger partial charge is 0.496 e. The molecule has 2 atom stereocenters. The summed E-state index contributed by atoms with van der Waals surface area (Å²) in [5, 5.41) is 3.51. The van der Waals surface area contributed by atoms with Crippen molar-refractivity contribution in [3.8, 4) is 5.75 Å². The van der Waals surface area contributed by atoms with Crippen LogP contribution in [0, 0.1) is 0 Å². The van der Waals surface area contributed by atoms with Crippen molar-refractivity contribution < 1.29 is 9.47 Å². The maximum Gasteiger partial charge on any atom is 0.122 e. The number of hydrogen-bond donors (Lipinski definition) is 1. The molecule has 0 aromatic heterocycles. The first kappa shape index (κ1) is 12.4. The number of aryl methyl sites for hydroxylation is 1. The molecule has 0 spiro atoms. The highest BCUT2D eigenvalue weighted by molar-refractivity contribution is 5.38. The van der Waals surface area contributed by atoms with E-state index in [1.807, 2.05) is 6.07 Å². The molecular formula is C14H21NO2. The third-order valence-electron chi connectivity index (χ3n) is 3.29. The van der Waals surface area contributed by atoms with Gasteiger partial charge in [-0.25, -0.2) is 0 Å². The molecule has 1 N–H and O–H groups in total. The summed E-state index contributed by atoms with van der Waals surface area (Å²) in [6, 6.07) is 6.70. The summed E-state index contributed by atoms with van der Waals surface area (Å²) in [6.45, 7) is 5.90. The molecule has 1 aliphatic rings. The lowest BCUT2D eigenvalue weighted by molar-refractivity contribution is 0.0149. The summed E-state index contributed by atoms with van der Waals surface area (Å²) in [7, 11) is 1.72. The second-order valence-electron chi connectivity index (χ2n) is 4.53. The van der Waals surface area contributed by atoms with Crippen molar-refractivity contribution in [2.75, 3.05) is 20.3 Å². The van der Waals surface area contributed by atoms with E-state index in [9.17, 15) is 0 Å². The predicted molar refractivity (Wildman–Crippen MR) is 68.5 cm³/mol. The Kier molecular flexibility index (Phi) is 4.02. The fraction of sp³-hybridized carbons (Fsp3) is 0.571. The summed E-state index contributed by atoms with van der Waals surface area (Å²) >= 11 is 0. The van der Waals surface area contributed by atoms with Crippen LogP contribution in [0.15, 0.2) is 18.2 Å². The second-order valence-corrected chi connectivity index (χ2v) is 4.53. The van der Waals surface area contributed by atoms with Crippen molar-refractivity contribution in [1.29, 1.82) is 0 Å². The third-order valence-corrected chi connectivity index (χ3v) is 3.29. The number of hydrogen-bond acceptors (Lipinski definition) is 3. The van der Waals surface area contributed by atoms with Gasteiger partial charge in [0.2, 0.25) is 0 Å². The molecule has 3 heteroatoms. The van der Waals surface area contributed by atoms with Crippen molar-refractivity contribution in [3.63, 3.8) is 0 Å². The molecule has 1 aromatic rings. The Morgan fingerprint density at radius 2 is 2.29 bits per heavy atom. The smallest absolute Gasteiger partial charge is 0.122 e. The van der Waals surface area contributed by atoms with Crippen LogP contribution in [0.1, 0.15) is 31.0 Å². The summed E-state index contributed by atoms with van der Waals surface area (Å²) in [5.41, 5.74) is 2.54. The number of morpholine rings is 1. The lowest BCUT2D eigenvalue weighted by atomic mass is 10.0. The first-order chi connectivity index (χ1) is 8.24. The number of nitrogens with one attached hydrogen (secondary N) is 1. The van der Waals surface area contributed by atoms with Crippen molar-refractivity contribution in [1.82, 2.24) is 5.32 Å². The highest BCUT2D eigenvalue weighted by atomic mass is 16.5. The molecule has 2 unspecified atom stereocenters. The summed E-state index contributed by atoms with van der Waals surface area (Å²) in [6.07, 6.45) is 1.30. The molecule has 0 amide bonds. The van der Waals surface area contributed by atoms with E-state index < -0.39 is 0 Å². The van der Waals surface area contributed by atoms with E-state index in [0.717, 1.165) is 25.3 Å². The summed E-state index contributed by atoms with van der Waals surface area (Å²) < 4.78 is 11.0. The minimum atomic E-state index is 0.308. The van der Waals surface area contributed by atoms with E-state index in [1.54, 1.807) is 7.11 Å². The Balaban J connectivity index is 2.16. The van der Waals surface area contributed by atoms with Gasteiger partial charge in [-0.05, 0) is 30.5 Å². The lowest BCUT2D eigenvalue weighted by Gasteiger charge is -2.29. The zero-order valence-corrected chi connectivity index (χ0v) is 10.8. The zero-order valence-electron chi connectivity index (χ0n) is 10.8. The van der Waals surface area contributed by atoms with Gasteiger partial charge in [0.05, 0.1) is 25.9 Å². The Hall–Kier alpha value is -1.06. The standard InChI is InChI=1S/C14H21NO2/c1-4-11-7-12(5-6-14(11)16-3)13-9-17-10(2)8-15-13/h5-7,10,13,15H,4,8-9H2,1-3H3. The molecular weight excluding hydrogens is 214 g/mol. The Morgan fingerprint density at radius 3 is 2.88 bits per heavy atom. The van der Waals surface area contributed by atoms with Crippen LogP contribution in [-0.2, 0) is 11.2 Å². The third kappa shape index (κ3) is 2.79. The van der Waals surface area contributed by atoms with Crippen LogP contribution in [0.4, 0.5) is 0 Å². The Morgan fingerprint density at radius 1 is 1.47 bits per heavy atom. The number of ether oxygens (including phenoxy) is 2. The van der Waals surface area contributed by atoms with Crippen molar-refractivity contribution in [2.45, 2.75) is 32.4 Å². The van der Waals surface area contributed by atoms with E-state index in [-0.39, 0.29) is 0 Å². The van der Waals surface area contributed by atoms with Crippen LogP contribution < -0.4 is 10.1 Å². The molecule has 1 heterocycles. The maximum atomic E-state index is 5.68. The summed E-state index contributed by atoms with van der Waals surface area (Å²) in [5.74, 6) is 0.973. The molecule has 1 saturated heterocycles. The quantitative estimate of drug-likeness (QED) is 0.872. The molecule has 1 aliphatic heterocycles. The fourth-order valence-electron chi connectivity index (χ4n) is 2.19. The predicted octanol–water partition coefficient (Wildman–Crippen LogP) is 2.31. The Labute approximate surface area is 103 Å². The highest BCUT2D eigenvalue weighted by Gasteiger charge is 2.19. The van der Waals surface area contributed by atoms with Gasteiger partial charge < -0.3 is 14.8 Å². The van der Waals surface area contributed by atoms with Gasteiger partial charge in [-0.15, -0.1) is 0 Å². The van der Waals surface area contributed by atoms with Crippen molar-refractivity contribution in [3.05, 3.63) is 29.3 Å². The van der Waals surface area contributed by atoms with Gasteiger partial charge >= 0.3 is 0 Å². The van der Waals surface area contributed by atoms with Crippen molar-refractivity contribution in [2.24, 2.45) is 0 Å². The minimum absolute atomic E-state index is 0.308. The molecule has 1 fully saturated rings. The van der Waals surface area contributed by atoms with Crippen LogP contribution in [0.3, 0.4) is 0 Å². The van der Waals surface area contributed by atoms with Gasteiger partial charge in [-0.3, -0.25) is 0 Å². The van der Waals surface area contributed by atoms with E-state index in [2.05, 4.69) is 31.3 Å². The Bertz CT molecular complexity index is 370. The summed E-state index contributed by atoms with van der Waals surface area (Å²) in [4.78, 5) is 0. The highest BCUT2D eigenvalue weighted by Crippen LogP contribution is 2.25. The second kappa shape index (κ2) is 5.52.